The van der Waals surface area contributed by atoms with Crippen molar-refractivity contribution in [1.29, 1.82) is 0 Å². The zero-order valence-electron chi connectivity index (χ0n) is 18.5. The summed E-state index contributed by atoms with van der Waals surface area (Å²) in [5.41, 5.74) is 0.291. The zero-order chi connectivity index (χ0) is 23.7. The Morgan fingerprint density at radius 3 is 2.50 bits per heavy atom. The Labute approximate surface area is 192 Å². The molecule has 0 atom stereocenters. The van der Waals surface area contributed by atoms with Crippen molar-refractivity contribution in [2.45, 2.75) is 18.2 Å². The van der Waals surface area contributed by atoms with Gasteiger partial charge in [0, 0.05) is 31.3 Å². The average molecular weight is 482 g/mol. The van der Waals surface area contributed by atoms with Crippen LogP contribution in [0.25, 0.3) is 0 Å². The fourth-order valence-corrected chi connectivity index (χ4v) is 4.09. The van der Waals surface area contributed by atoms with E-state index in [0.717, 1.165) is 24.7 Å². The highest BCUT2D eigenvalue weighted by Crippen LogP contribution is 2.30. The molecule has 0 aliphatic rings. The van der Waals surface area contributed by atoms with E-state index >= 15 is 0 Å². The number of pyridine rings is 1. The second kappa shape index (κ2) is 11.8. The van der Waals surface area contributed by atoms with Crippen LogP contribution in [0.3, 0.4) is 0 Å². The molecule has 0 aliphatic heterocycles. The van der Waals surface area contributed by atoms with Gasteiger partial charge in [-0.2, -0.15) is 0 Å². The third-order valence-electron chi connectivity index (χ3n) is 4.18. The summed E-state index contributed by atoms with van der Waals surface area (Å²) < 4.78 is 39.0. The topological polar surface area (TPSA) is 115 Å². The minimum Gasteiger partial charge on any atom is -0.493 e. The Bertz CT molecular complexity index is 1040. The number of nitrogens with zero attached hydrogens (tertiary/aromatic N) is 2. The smallest absolute Gasteiger partial charge is 0.263 e. The van der Waals surface area contributed by atoms with Gasteiger partial charge >= 0.3 is 0 Å². The predicted octanol–water partition coefficient (Wildman–Crippen LogP) is 2.68. The van der Waals surface area contributed by atoms with Gasteiger partial charge in [-0.1, -0.05) is 11.8 Å². The van der Waals surface area contributed by atoms with Crippen LogP contribution in [0.1, 0.15) is 23.7 Å². The van der Waals surface area contributed by atoms with Crippen LogP contribution in [-0.4, -0.2) is 69.3 Å². The van der Waals surface area contributed by atoms with Crippen molar-refractivity contribution in [3.63, 3.8) is 0 Å². The number of thioether (sulfide) groups is 1. The highest BCUT2D eigenvalue weighted by Gasteiger charge is 2.18. The number of rotatable bonds is 12. The molecule has 0 radical (unpaired) electrons. The number of aromatic nitrogens is 1. The molecule has 1 aromatic carbocycles. The summed E-state index contributed by atoms with van der Waals surface area (Å²) in [5.74, 6) is 0.554. The molecule has 1 aromatic heterocycles. The van der Waals surface area contributed by atoms with Crippen LogP contribution in [0.5, 0.6) is 11.5 Å². The zero-order valence-corrected chi connectivity index (χ0v) is 20.1. The Kier molecular flexibility index (Phi) is 9.48. The first-order valence-corrected chi connectivity index (χ1v) is 12.2. The van der Waals surface area contributed by atoms with Gasteiger partial charge in [0.15, 0.2) is 22.4 Å². The number of hydrogen-bond acceptors (Lipinski definition) is 9. The number of benzene rings is 1. The number of carbonyl (C=O) groups is 2. The molecule has 9 nitrogen and oxygen atoms in total. The maximum atomic E-state index is 12.8. The van der Waals surface area contributed by atoms with E-state index < -0.39 is 10.0 Å². The van der Waals surface area contributed by atoms with Crippen molar-refractivity contribution in [3.05, 3.63) is 42.1 Å². The van der Waals surface area contributed by atoms with E-state index in [4.69, 9.17) is 9.47 Å². The van der Waals surface area contributed by atoms with Crippen molar-refractivity contribution >= 4 is 38.5 Å². The molecule has 11 heteroatoms. The maximum absolute atomic E-state index is 12.8. The Balaban J connectivity index is 2.11. The van der Waals surface area contributed by atoms with E-state index in [1.54, 1.807) is 0 Å². The maximum Gasteiger partial charge on any atom is 0.263 e. The third kappa shape index (κ3) is 7.81. The lowest BCUT2D eigenvalue weighted by Crippen LogP contribution is -2.16. The van der Waals surface area contributed by atoms with Crippen LogP contribution in [0, 0.1) is 0 Å². The second-order valence-corrected chi connectivity index (χ2v) is 9.89. The fourth-order valence-electron chi connectivity index (χ4n) is 2.57. The molecule has 0 bridgehead atoms. The van der Waals surface area contributed by atoms with Crippen LogP contribution in [-0.2, 0) is 14.8 Å². The van der Waals surface area contributed by atoms with Gasteiger partial charge in [-0.05, 0) is 44.8 Å². The van der Waals surface area contributed by atoms with Crippen molar-refractivity contribution < 1.29 is 27.5 Å². The van der Waals surface area contributed by atoms with E-state index in [1.165, 1.54) is 50.6 Å². The number of sulfonamides is 1. The fraction of sp³-hybridized carbons (Fsp3) is 0.381. The van der Waals surface area contributed by atoms with Gasteiger partial charge < -0.3 is 14.4 Å². The standard InChI is InChI=1S/C21H27N3O6S2/c1-15(25)31-14-18(26)16-6-9-21(22-13-16)23-32(27,28)17-7-8-19(29-4)20(12-17)30-11-5-10-24(2)3/h6-9,12-13H,5,10-11,14H2,1-4H3,(H,22,23). The van der Waals surface area contributed by atoms with Gasteiger partial charge in [-0.15, -0.1) is 0 Å². The van der Waals surface area contributed by atoms with Gasteiger partial charge in [-0.3, -0.25) is 14.3 Å². The normalized spacial score (nSPS) is 11.3. The van der Waals surface area contributed by atoms with Crippen molar-refractivity contribution in [1.82, 2.24) is 9.88 Å². The molecule has 2 aromatic rings. The van der Waals surface area contributed by atoms with Crippen LogP contribution < -0.4 is 14.2 Å². The summed E-state index contributed by atoms with van der Waals surface area (Å²) in [6, 6.07) is 7.18. The molecule has 0 unspecified atom stereocenters. The van der Waals surface area contributed by atoms with E-state index in [2.05, 4.69) is 9.71 Å². The Morgan fingerprint density at radius 1 is 1.16 bits per heavy atom. The number of nitrogens with one attached hydrogen (secondary N) is 1. The first-order valence-electron chi connectivity index (χ1n) is 9.73. The first-order chi connectivity index (χ1) is 15.1. The van der Waals surface area contributed by atoms with Gasteiger partial charge in [-0.25, -0.2) is 13.4 Å². The molecule has 0 spiro atoms. The van der Waals surface area contributed by atoms with Crippen molar-refractivity contribution in [2.24, 2.45) is 0 Å². The molecular formula is C21H27N3O6S2. The van der Waals surface area contributed by atoms with Crippen LogP contribution in [0.2, 0.25) is 0 Å². The van der Waals surface area contributed by atoms with Gasteiger partial charge in [0.2, 0.25) is 0 Å². The number of Topliss-reactive ketones (excluding diaryl/α,β-unsaturated/α-hetero) is 1. The highest BCUT2D eigenvalue weighted by atomic mass is 32.2. The molecule has 1 N–H and O–H groups in total. The number of carbonyl (C=O) groups excluding carboxylic acids is 2. The molecule has 174 valence electrons. The largest absolute Gasteiger partial charge is 0.493 e. The van der Waals surface area contributed by atoms with Crippen molar-refractivity contribution in [2.75, 3.05) is 44.8 Å². The van der Waals surface area contributed by atoms with Crippen molar-refractivity contribution in [3.8, 4) is 11.5 Å². The summed E-state index contributed by atoms with van der Waals surface area (Å²) in [5, 5.41) is -0.156. The summed E-state index contributed by atoms with van der Waals surface area (Å²) in [4.78, 5) is 29.0. The molecule has 2 rings (SSSR count). The number of ether oxygens (including phenoxy) is 2. The van der Waals surface area contributed by atoms with Crippen LogP contribution in [0.4, 0.5) is 5.82 Å². The molecule has 0 amide bonds. The first kappa shape index (κ1) is 25.6. The second-order valence-electron chi connectivity index (χ2n) is 7.06. The molecule has 32 heavy (non-hydrogen) atoms. The SMILES string of the molecule is COc1ccc(S(=O)(=O)Nc2ccc(C(=O)CSC(C)=O)cn2)cc1OCCCN(C)C. The molecule has 0 aliphatic carbocycles. The summed E-state index contributed by atoms with van der Waals surface area (Å²) in [6.07, 6.45) is 2.04. The lowest BCUT2D eigenvalue weighted by Gasteiger charge is -2.14. The number of methoxy groups -OCH3 is 1. The molecule has 0 saturated heterocycles. The summed E-state index contributed by atoms with van der Waals surface area (Å²) in [6.45, 7) is 2.62. The summed E-state index contributed by atoms with van der Waals surface area (Å²) >= 11 is 0.906. The Hall–Kier alpha value is -2.63. The monoisotopic (exact) mass is 481 g/mol. The van der Waals surface area contributed by atoms with Gasteiger partial charge in [0.05, 0.1) is 24.4 Å². The van der Waals surface area contributed by atoms with E-state index in [-0.39, 0.29) is 27.4 Å². The summed E-state index contributed by atoms with van der Waals surface area (Å²) in [7, 11) is 1.45. The average Bonchev–Trinajstić information content (AvgIpc) is 2.75. The third-order valence-corrected chi connectivity index (χ3v) is 6.35. The lowest BCUT2D eigenvalue weighted by molar-refractivity contribution is -0.109. The highest BCUT2D eigenvalue weighted by molar-refractivity contribution is 8.14. The van der Waals surface area contributed by atoms with E-state index in [0.29, 0.717) is 23.7 Å². The van der Waals surface area contributed by atoms with Crippen LogP contribution >= 0.6 is 11.8 Å². The molecular weight excluding hydrogens is 454 g/mol. The van der Waals surface area contributed by atoms with Gasteiger partial charge in [0.25, 0.3) is 10.0 Å². The number of anilines is 1. The number of hydrogen-bond donors (Lipinski definition) is 1. The van der Waals surface area contributed by atoms with E-state index in [1.807, 2.05) is 19.0 Å². The Morgan fingerprint density at radius 2 is 1.91 bits per heavy atom. The lowest BCUT2D eigenvalue weighted by atomic mass is 10.2. The molecule has 1 heterocycles. The minimum atomic E-state index is -3.95. The number of ketones is 1. The predicted molar refractivity (Wildman–Crippen MR) is 124 cm³/mol. The molecule has 0 fully saturated rings. The quantitative estimate of drug-likeness (QED) is 0.361. The van der Waals surface area contributed by atoms with E-state index in [9.17, 15) is 18.0 Å². The van der Waals surface area contributed by atoms with Gasteiger partial charge in [0.1, 0.15) is 5.82 Å². The minimum absolute atomic E-state index is 0.00521. The molecule has 0 saturated carbocycles. The van der Waals surface area contributed by atoms with Crippen LogP contribution in [0.15, 0.2) is 41.4 Å².